The van der Waals surface area contributed by atoms with Gasteiger partial charge in [0.25, 0.3) is 5.91 Å². The van der Waals surface area contributed by atoms with E-state index in [0.717, 1.165) is 6.42 Å². The van der Waals surface area contributed by atoms with Crippen LogP contribution >= 0.6 is 15.9 Å². The second-order valence-corrected chi connectivity index (χ2v) is 11.2. The lowest BCUT2D eigenvalue weighted by Gasteiger charge is -2.38. The molecule has 2 fully saturated rings. The molecule has 4 rings (SSSR count). The summed E-state index contributed by atoms with van der Waals surface area (Å²) in [6, 6.07) is 9.21. The minimum atomic E-state index is -4.10. The summed E-state index contributed by atoms with van der Waals surface area (Å²) in [5, 5.41) is 40.2. The van der Waals surface area contributed by atoms with Crippen LogP contribution in [0.25, 0.3) is 0 Å². The zero-order chi connectivity index (χ0) is 23.3. The average molecular weight is 521 g/mol. The number of benzene rings is 2. The molecule has 0 spiro atoms. The molecular formula is C22H21BrN2O6S. The Morgan fingerprint density at radius 2 is 1.91 bits per heavy atom. The Balaban J connectivity index is 1.80. The van der Waals surface area contributed by atoms with Crippen LogP contribution in [0.2, 0.25) is 0 Å². The largest absolute Gasteiger partial charge is 0.507 e. The fourth-order valence-electron chi connectivity index (χ4n) is 4.05. The van der Waals surface area contributed by atoms with Gasteiger partial charge in [-0.1, -0.05) is 15.9 Å². The van der Waals surface area contributed by atoms with Gasteiger partial charge in [0.2, 0.25) is 0 Å². The number of amides is 1. The van der Waals surface area contributed by atoms with Crippen LogP contribution in [-0.2, 0) is 21.0 Å². The summed E-state index contributed by atoms with van der Waals surface area (Å²) in [6.45, 7) is 0.233. The zero-order valence-electron chi connectivity index (χ0n) is 17.0. The number of carbonyl (C=O) groups is 1. The monoisotopic (exact) mass is 520 g/mol. The van der Waals surface area contributed by atoms with Crippen LogP contribution < -0.4 is 0 Å². The van der Waals surface area contributed by atoms with Gasteiger partial charge in [-0.05, 0) is 55.2 Å². The molecule has 32 heavy (non-hydrogen) atoms. The summed E-state index contributed by atoms with van der Waals surface area (Å²) < 4.78 is 26.6. The fourth-order valence-corrected chi connectivity index (χ4v) is 6.04. The highest BCUT2D eigenvalue weighted by Crippen LogP contribution is 2.45. The summed E-state index contributed by atoms with van der Waals surface area (Å²) in [6.07, 6.45) is 1.34. The Labute approximate surface area is 193 Å². The van der Waals surface area contributed by atoms with E-state index in [4.69, 9.17) is 0 Å². The van der Waals surface area contributed by atoms with Crippen LogP contribution in [0.3, 0.4) is 0 Å². The molecule has 1 heterocycles. The number of aliphatic hydroxyl groups is 1. The molecule has 168 valence electrons. The average Bonchev–Trinajstić information content (AvgIpc) is 2.68. The Hall–Kier alpha value is -2.61. The highest BCUT2D eigenvalue weighted by molar-refractivity contribution is 9.10. The van der Waals surface area contributed by atoms with Gasteiger partial charge < -0.3 is 20.2 Å². The number of hydrogen-bond acceptors (Lipinski definition) is 7. The maximum absolute atomic E-state index is 13.1. The van der Waals surface area contributed by atoms with E-state index in [9.17, 15) is 33.8 Å². The van der Waals surface area contributed by atoms with E-state index in [2.05, 4.69) is 22.0 Å². The first-order valence-electron chi connectivity index (χ1n) is 10.0. The number of aromatic hydroxyl groups is 2. The topological polar surface area (TPSA) is 139 Å². The normalized spacial score (nSPS) is 17.8. The third kappa shape index (κ3) is 3.85. The zero-order valence-corrected chi connectivity index (χ0v) is 19.4. The van der Waals surface area contributed by atoms with Crippen LogP contribution in [-0.4, -0.2) is 53.7 Å². The van der Waals surface area contributed by atoms with Crippen molar-refractivity contribution in [2.75, 3.05) is 13.1 Å². The summed E-state index contributed by atoms with van der Waals surface area (Å²) in [5.41, 5.74) is -0.474. The molecule has 1 saturated carbocycles. The summed E-state index contributed by atoms with van der Waals surface area (Å²) in [5.74, 6) is -2.11. The molecule has 2 aromatic carbocycles. The van der Waals surface area contributed by atoms with E-state index in [1.165, 1.54) is 35.2 Å². The van der Waals surface area contributed by atoms with E-state index in [1.807, 2.05) is 0 Å². The minimum absolute atomic E-state index is 0.0205. The van der Waals surface area contributed by atoms with Gasteiger partial charge in [-0.2, -0.15) is 5.26 Å². The molecule has 0 bridgehead atoms. The third-order valence-corrected chi connectivity index (χ3v) is 8.33. The fraction of sp³-hybridized carbons (Fsp3) is 0.364. The number of sulfone groups is 1. The Morgan fingerprint density at radius 1 is 1.22 bits per heavy atom. The molecular weight excluding hydrogens is 500 g/mol. The number of nitriles is 1. The van der Waals surface area contributed by atoms with Gasteiger partial charge in [-0.3, -0.25) is 4.79 Å². The first-order chi connectivity index (χ1) is 15.1. The molecule has 2 aliphatic rings. The number of aliphatic hydroxyl groups excluding tert-OH is 1. The van der Waals surface area contributed by atoms with Crippen molar-refractivity contribution in [3.8, 4) is 17.6 Å². The Morgan fingerprint density at radius 3 is 2.47 bits per heavy atom. The molecule has 3 N–H and O–H groups in total. The first kappa shape index (κ1) is 22.6. The van der Waals surface area contributed by atoms with E-state index < -0.39 is 44.5 Å². The van der Waals surface area contributed by atoms with Crippen molar-refractivity contribution in [3.63, 3.8) is 0 Å². The van der Waals surface area contributed by atoms with Crippen molar-refractivity contribution >= 4 is 31.7 Å². The molecule has 1 aliphatic carbocycles. The molecule has 2 aromatic rings. The van der Waals surface area contributed by atoms with Crippen LogP contribution in [0.4, 0.5) is 0 Å². The van der Waals surface area contributed by atoms with Crippen LogP contribution in [0.15, 0.2) is 39.7 Å². The van der Waals surface area contributed by atoms with Gasteiger partial charge in [0.15, 0.2) is 9.84 Å². The van der Waals surface area contributed by atoms with E-state index in [-0.39, 0.29) is 29.1 Å². The van der Waals surface area contributed by atoms with E-state index in [0.29, 0.717) is 22.9 Å². The van der Waals surface area contributed by atoms with Crippen molar-refractivity contribution < 1.29 is 28.5 Å². The first-order valence-corrected chi connectivity index (χ1v) is 12.5. The number of β-amino-alcohol motifs (C(OH)–C–C–N with tert-alkyl or cyclic N) is 1. The van der Waals surface area contributed by atoms with Gasteiger partial charge in [-0.25, -0.2) is 8.42 Å². The SMILES string of the molecule is N#CC1(c2cc(CS(=O)(=O)c3cc(Br)ccc3O)c(O)c(C(=O)N3CC(O)C3)c2)CCC1. The van der Waals surface area contributed by atoms with Crippen LogP contribution in [0.5, 0.6) is 11.5 Å². The molecule has 1 saturated heterocycles. The maximum Gasteiger partial charge on any atom is 0.257 e. The van der Waals surface area contributed by atoms with Crippen molar-refractivity contribution in [1.29, 1.82) is 5.26 Å². The molecule has 8 nitrogen and oxygen atoms in total. The van der Waals surface area contributed by atoms with Gasteiger partial charge in [0, 0.05) is 23.1 Å². The van der Waals surface area contributed by atoms with Crippen molar-refractivity contribution in [2.24, 2.45) is 0 Å². The molecule has 1 aliphatic heterocycles. The van der Waals surface area contributed by atoms with Crippen LogP contribution in [0.1, 0.15) is 40.7 Å². The third-order valence-electron chi connectivity index (χ3n) is 6.14. The van der Waals surface area contributed by atoms with E-state index in [1.54, 1.807) is 0 Å². The number of phenolic OH excluding ortho intramolecular Hbond substituents is 2. The van der Waals surface area contributed by atoms with Gasteiger partial charge >= 0.3 is 0 Å². The lowest BCUT2D eigenvalue weighted by molar-refractivity contribution is 0.00568. The molecule has 0 atom stereocenters. The number of phenols is 2. The standard InChI is InChI=1S/C22H21BrN2O6S/c23-15-2-3-18(27)19(8-15)32(30,31)11-13-6-14(22(12-24)4-1-5-22)7-17(20(13)28)21(29)25-9-16(26)10-25/h2-3,6-8,16,26-28H,1,4-5,9-11H2. The Bertz CT molecular complexity index is 1240. The minimum Gasteiger partial charge on any atom is -0.507 e. The van der Waals surface area contributed by atoms with Gasteiger partial charge in [-0.15, -0.1) is 0 Å². The Kier molecular flexibility index (Phi) is 5.69. The second kappa shape index (κ2) is 8.06. The number of nitrogens with zero attached hydrogens (tertiary/aromatic N) is 2. The highest BCUT2D eigenvalue weighted by Gasteiger charge is 2.41. The second-order valence-electron chi connectivity index (χ2n) is 8.31. The van der Waals surface area contributed by atoms with Crippen molar-refractivity contribution in [2.45, 2.75) is 41.4 Å². The number of hydrogen-bond donors (Lipinski definition) is 3. The lowest BCUT2D eigenvalue weighted by atomic mass is 9.65. The lowest BCUT2D eigenvalue weighted by Crippen LogP contribution is -2.53. The highest BCUT2D eigenvalue weighted by atomic mass is 79.9. The number of likely N-dealkylation sites (tertiary alicyclic amines) is 1. The molecule has 1 amide bonds. The summed E-state index contributed by atoms with van der Waals surface area (Å²) >= 11 is 3.19. The van der Waals surface area contributed by atoms with Crippen LogP contribution in [0, 0.1) is 11.3 Å². The summed E-state index contributed by atoms with van der Waals surface area (Å²) in [4.78, 5) is 14.0. The number of carbonyl (C=O) groups excluding carboxylic acids is 1. The molecule has 0 unspecified atom stereocenters. The predicted molar refractivity (Wildman–Crippen MR) is 118 cm³/mol. The smallest absolute Gasteiger partial charge is 0.257 e. The molecule has 0 radical (unpaired) electrons. The van der Waals surface area contributed by atoms with E-state index >= 15 is 0 Å². The van der Waals surface area contributed by atoms with Gasteiger partial charge in [0.05, 0.1) is 28.9 Å². The molecule has 0 aromatic heterocycles. The predicted octanol–water partition coefficient (Wildman–Crippen LogP) is 2.60. The number of halogens is 1. The summed E-state index contributed by atoms with van der Waals surface area (Å²) in [7, 11) is -4.10. The van der Waals surface area contributed by atoms with Gasteiger partial charge in [0.1, 0.15) is 16.4 Å². The number of rotatable bonds is 5. The van der Waals surface area contributed by atoms with Crippen molar-refractivity contribution in [3.05, 3.63) is 51.5 Å². The quantitative estimate of drug-likeness (QED) is 0.550. The maximum atomic E-state index is 13.1. The van der Waals surface area contributed by atoms with Crippen molar-refractivity contribution in [1.82, 2.24) is 4.90 Å². The molecule has 10 heteroatoms.